The first-order chi connectivity index (χ1) is 14.6. The molecule has 0 aliphatic rings. The molecule has 0 fully saturated rings. The Bertz CT molecular complexity index is 1280. The normalized spacial score (nSPS) is 11.0. The van der Waals surface area contributed by atoms with E-state index in [2.05, 4.69) is 10.4 Å². The minimum Gasteiger partial charge on any atom is -0.493 e. The van der Waals surface area contributed by atoms with E-state index in [1.54, 1.807) is 23.8 Å². The molecule has 2 aromatic carbocycles. The van der Waals surface area contributed by atoms with Gasteiger partial charge in [-0.1, -0.05) is 24.3 Å². The number of methoxy groups -OCH3 is 1. The molecule has 0 aliphatic heterocycles. The van der Waals surface area contributed by atoms with Crippen LogP contribution in [0.3, 0.4) is 0 Å². The lowest BCUT2D eigenvalue weighted by molar-refractivity contribution is 0.0941. The third-order valence-corrected chi connectivity index (χ3v) is 4.84. The second-order valence-electron chi connectivity index (χ2n) is 6.62. The third kappa shape index (κ3) is 3.47. The first kappa shape index (κ1) is 19.5. The molecule has 0 spiro atoms. The van der Waals surface area contributed by atoms with Crippen molar-refractivity contribution in [1.82, 2.24) is 19.5 Å². The molecule has 1 amide bonds. The number of aryl methyl sites for hydroxylation is 1. The summed E-state index contributed by atoms with van der Waals surface area (Å²) in [4.78, 5) is 25.4. The van der Waals surface area contributed by atoms with Gasteiger partial charge in [0.1, 0.15) is 12.1 Å². The topological polar surface area (TPSA) is 86.9 Å². The molecule has 0 saturated carbocycles. The summed E-state index contributed by atoms with van der Waals surface area (Å²) in [6.07, 6.45) is 0. The highest BCUT2D eigenvalue weighted by Crippen LogP contribution is 2.25. The van der Waals surface area contributed by atoms with Crippen molar-refractivity contribution < 1.29 is 14.3 Å². The fourth-order valence-corrected chi connectivity index (χ4v) is 3.42. The monoisotopic (exact) mass is 406 g/mol. The number of hydrogen-bond donors (Lipinski definition) is 1. The highest BCUT2D eigenvalue weighted by Gasteiger charge is 2.16. The third-order valence-electron chi connectivity index (χ3n) is 4.84. The molecule has 0 atom stereocenters. The average Bonchev–Trinajstić information content (AvgIpc) is 3.23. The van der Waals surface area contributed by atoms with Gasteiger partial charge in [-0.15, -0.1) is 0 Å². The van der Waals surface area contributed by atoms with Gasteiger partial charge in [-0.3, -0.25) is 9.59 Å². The smallest absolute Gasteiger partial charge is 0.277 e. The van der Waals surface area contributed by atoms with Crippen molar-refractivity contribution >= 4 is 22.5 Å². The van der Waals surface area contributed by atoms with E-state index in [-0.39, 0.29) is 30.3 Å². The molecular weight excluding hydrogens is 384 g/mol. The number of para-hydroxylation sites is 4. The molecule has 0 saturated heterocycles. The van der Waals surface area contributed by atoms with Gasteiger partial charge in [0.05, 0.1) is 24.7 Å². The van der Waals surface area contributed by atoms with Gasteiger partial charge >= 0.3 is 0 Å². The molecule has 1 N–H and O–H groups in total. The number of aromatic nitrogens is 3. The fraction of sp³-hybridized carbons (Fsp3) is 0.227. The maximum Gasteiger partial charge on any atom is 0.277 e. The summed E-state index contributed by atoms with van der Waals surface area (Å²) in [6, 6.07) is 16.3. The van der Waals surface area contributed by atoms with Crippen molar-refractivity contribution in [3.8, 4) is 11.5 Å². The van der Waals surface area contributed by atoms with E-state index < -0.39 is 0 Å². The molecule has 2 aromatic heterocycles. The van der Waals surface area contributed by atoms with Crippen molar-refractivity contribution in [3.63, 3.8) is 0 Å². The predicted octanol–water partition coefficient (Wildman–Crippen LogP) is 2.49. The number of rotatable bonds is 7. The van der Waals surface area contributed by atoms with Crippen molar-refractivity contribution in [2.75, 3.05) is 20.3 Å². The largest absolute Gasteiger partial charge is 0.493 e. The van der Waals surface area contributed by atoms with Gasteiger partial charge in [0.25, 0.3) is 11.5 Å². The van der Waals surface area contributed by atoms with Crippen LogP contribution in [0.15, 0.2) is 59.4 Å². The van der Waals surface area contributed by atoms with Crippen LogP contribution in [0.4, 0.5) is 0 Å². The molecule has 30 heavy (non-hydrogen) atoms. The molecule has 0 aliphatic carbocycles. The van der Waals surface area contributed by atoms with Crippen molar-refractivity contribution in [2.24, 2.45) is 0 Å². The Balaban J connectivity index is 1.52. The summed E-state index contributed by atoms with van der Waals surface area (Å²) in [5.74, 6) is 0.866. The molecular formula is C22H22N4O4. The van der Waals surface area contributed by atoms with Crippen molar-refractivity contribution in [2.45, 2.75) is 13.5 Å². The van der Waals surface area contributed by atoms with Gasteiger partial charge in [-0.2, -0.15) is 5.10 Å². The summed E-state index contributed by atoms with van der Waals surface area (Å²) in [5, 5.41) is 7.15. The van der Waals surface area contributed by atoms with Gasteiger partial charge in [0, 0.05) is 12.6 Å². The average molecular weight is 406 g/mol. The zero-order valence-electron chi connectivity index (χ0n) is 16.8. The van der Waals surface area contributed by atoms with Crippen LogP contribution in [0, 0.1) is 0 Å². The van der Waals surface area contributed by atoms with E-state index in [1.807, 2.05) is 43.3 Å². The maximum atomic E-state index is 12.8. The van der Waals surface area contributed by atoms with Crippen LogP contribution >= 0.6 is 0 Å². The van der Waals surface area contributed by atoms with E-state index in [0.29, 0.717) is 23.6 Å². The van der Waals surface area contributed by atoms with E-state index in [0.717, 1.165) is 11.0 Å². The summed E-state index contributed by atoms with van der Waals surface area (Å²) < 4.78 is 14.1. The Morgan fingerprint density at radius 1 is 1.03 bits per heavy atom. The lowest BCUT2D eigenvalue weighted by Gasteiger charge is -2.10. The number of nitrogens with zero attached hydrogens (tertiary/aromatic N) is 3. The van der Waals surface area contributed by atoms with Crippen LogP contribution in [0.1, 0.15) is 17.4 Å². The molecule has 154 valence electrons. The lowest BCUT2D eigenvalue weighted by atomic mass is 10.3. The number of amides is 1. The van der Waals surface area contributed by atoms with Gasteiger partial charge in [0.2, 0.25) is 0 Å². The molecule has 2 heterocycles. The SMILES string of the molecule is CCn1c(=O)c2cc(C(=O)NCCOc3ccccc3OC)nn2c2ccccc21. The van der Waals surface area contributed by atoms with Gasteiger partial charge in [0.15, 0.2) is 17.2 Å². The second-order valence-corrected chi connectivity index (χ2v) is 6.62. The maximum absolute atomic E-state index is 12.8. The van der Waals surface area contributed by atoms with Crippen LogP contribution in [-0.2, 0) is 6.54 Å². The van der Waals surface area contributed by atoms with Crippen LogP contribution in [0.5, 0.6) is 11.5 Å². The second kappa shape index (κ2) is 8.28. The summed E-state index contributed by atoms with van der Waals surface area (Å²) in [5.41, 5.74) is 1.92. The van der Waals surface area contributed by atoms with E-state index in [9.17, 15) is 9.59 Å². The highest BCUT2D eigenvalue weighted by atomic mass is 16.5. The van der Waals surface area contributed by atoms with Gasteiger partial charge in [-0.05, 0) is 31.2 Å². The molecule has 4 rings (SSSR count). The number of carbonyl (C=O) groups excluding carboxylic acids is 1. The zero-order chi connectivity index (χ0) is 21.1. The number of nitrogens with one attached hydrogen (secondary N) is 1. The molecule has 8 nitrogen and oxygen atoms in total. The molecule has 0 bridgehead atoms. The Hall–Kier alpha value is -3.81. The predicted molar refractivity (Wildman–Crippen MR) is 113 cm³/mol. The van der Waals surface area contributed by atoms with Gasteiger partial charge in [-0.25, -0.2) is 4.52 Å². The summed E-state index contributed by atoms with van der Waals surface area (Å²) in [7, 11) is 1.57. The number of fused-ring (bicyclic) bond motifs is 3. The fourth-order valence-electron chi connectivity index (χ4n) is 3.42. The first-order valence-electron chi connectivity index (χ1n) is 9.69. The molecule has 0 unspecified atom stereocenters. The van der Waals surface area contributed by atoms with Crippen molar-refractivity contribution in [1.29, 1.82) is 0 Å². The summed E-state index contributed by atoms with van der Waals surface area (Å²) in [6.45, 7) is 2.99. The van der Waals surface area contributed by atoms with Crippen LogP contribution in [0.2, 0.25) is 0 Å². The Kier molecular flexibility index (Phi) is 5.38. The van der Waals surface area contributed by atoms with E-state index >= 15 is 0 Å². The van der Waals surface area contributed by atoms with Crippen LogP contribution < -0.4 is 20.3 Å². The van der Waals surface area contributed by atoms with Crippen molar-refractivity contribution in [3.05, 3.63) is 70.6 Å². The first-order valence-corrected chi connectivity index (χ1v) is 9.69. The lowest BCUT2D eigenvalue weighted by Crippen LogP contribution is -2.28. The molecule has 4 aromatic rings. The van der Waals surface area contributed by atoms with E-state index in [4.69, 9.17) is 9.47 Å². The highest BCUT2D eigenvalue weighted by molar-refractivity contribution is 5.94. The minimum absolute atomic E-state index is 0.178. The number of hydrogen-bond acceptors (Lipinski definition) is 5. The number of benzene rings is 2. The Labute approximate surface area is 172 Å². The zero-order valence-corrected chi connectivity index (χ0v) is 16.8. The van der Waals surface area contributed by atoms with Gasteiger partial charge < -0.3 is 19.4 Å². The molecule has 8 heteroatoms. The number of ether oxygens (including phenoxy) is 2. The standard InChI is InChI=1S/C22H22N4O4/c1-3-25-16-8-4-5-9-17(16)26-18(22(25)28)14-15(24-26)21(27)23-12-13-30-20-11-7-6-10-19(20)29-2/h4-11,14H,3,12-13H2,1-2H3,(H,23,27). The van der Waals surface area contributed by atoms with Crippen LogP contribution in [0.25, 0.3) is 16.6 Å². The quantitative estimate of drug-likeness (QED) is 0.477. The van der Waals surface area contributed by atoms with Crippen LogP contribution in [-0.4, -0.2) is 40.3 Å². The van der Waals surface area contributed by atoms with E-state index in [1.165, 1.54) is 10.6 Å². The number of carbonyl (C=O) groups is 1. The minimum atomic E-state index is -0.367. The summed E-state index contributed by atoms with van der Waals surface area (Å²) >= 11 is 0. The Morgan fingerprint density at radius 2 is 1.73 bits per heavy atom. The Morgan fingerprint density at radius 3 is 2.47 bits per heavy atom. The molecule has 0 radical (unpaired) electrons.